The van der Waals surface area contributed by atoms with Crippen LogP contribution in [0.1, 0.15) is 19.3 Å². The van der Waals surface area contributed by atoms with E-state index in [1.807, 2.05) is 0 Å². The standard InChI is InChI=1S/C12H11BrCl2N2O3/c13-6-2-3-7(9(15)8(6)14)16-11(20)17-12(10(18)19)4-1-5-12/h2-3H,1,4-5H2,(H,18,19)(H2,16,17,20). The van der Waals surface area contributed by atoms with Crippen LogP contribution in [-0.2, 0) is 4.79 Å². The Morgan fingerprint density at radius 2 is 1.90 bits per heavy atom. The Hall–Kier alpha value is -0.980. The van der Waals surface area contributed by atoms with E-state index in [9.17, 15) is 9.59 Å². The first-order valence-electron chi connectivity index (χ1n) is 5.82. The molecule has 1 aromatic carbocycles. The van der Waals surface area contributed by atoms with Gasteiger partial charge in [0.05, 0.1) is 15.7 Å². The number of carbonyl (C=O) groups excluding carboxylic acids is 1. The Balaban J connectivity index is 2.09. The number of hydrogen-bond acceptors (Lipinski definition) is 2. The number of aliphatic carboxylic acids is 1. The van der Waals surface area contributed by atoms with E-state index in [1.54, 1.807) is 12.1 Å². The Kier molecular flexibility index (Phi) is 4.46. The molecule has 20 heavy (non-hydrogen) atoms. The zero-order chi connectivity index (χ0) is 14.9. The summed E-state index contributed by atoms with van der Waals surface area (Å²) in [5, 5.41) is 14.6. The molecule has 1 aliphatic carbocycles. The average Bonchev–Trinajstić information content (AvgIpc) is 2.34. The van der Waals surface area contributed by atoms with Crippen LogP contribution in [0.25, 0.3) is 0 Å². The summed E-state index contributed by atoms with van der Waals surface area (Å²) in [7, 11) is 0. The van der Waals surface area contributed by atoms with Crippen molar-refractivity contribution < 1.29 is 14.7 Å². The lowest BCUT2D eigenvalue weighted by atomic mass is 9.77. The highest BCUT2D eigenvalue weighted by molar-refractivity contribution is 9.10. The van der Waals surface area contributed by atoms with Crippen LogP contribution in [0.5, 0.6) is 0 Å². The highest BCUT2D eigenvalue weighted by atomic mass is 79.9. The van der Waals surface area contributed by atoms with E-state index in [2.05, 4.69) is 26.6 Å². The fourth-order valence-corrected chi connectivity index (χ4v) is 2.74. The van der Waals surface area contributed by atoms with Crippen molar-refractivity contribution in [3.05, 3.63) is 26.7 Å². The molecule has 0 radical (unpaired) electrons. The van der Waals surface area contributed by atoms with E-state index < -0.39 is 17.5 Å². The van der Waals surface area contributed by atoms with Gasteiger partial charge in [0.2, 0.25) is 0 Å². The Labute approximate surface area is 133 Å². The molecule has 1 fully saturated rings. The molecule has 0 heterocycles. The number of anilines is 1. The summed E-state index contributed by atoms with van der Waals surface area (Å²) in [6.07, 6.45) is 1.62. The third-order valence-corrected chi connectivity index (χ3v) is 5.02. The maximum atomic E-state index is 11.9. The molecule has 5 nitrogen and oxygen atoms in total. The second kappa shape index (κ2) is 5.79. The third-order valence-electron chi connectivity index (χ3n) is 3.25. The van der Waals surface area contributed by atoms with Crippen molar-refractivity contribution >= 4 is 56.8 Å². The van der Waals surface area contributed by atoms with Crippen molar-refractivity contribution in [2.24, 2.45) is 0 Å². The van der Waals surface area contributed by atoms with Crippen LogP contribution in [0, 0.1) is 0 Å². The van der Waals surface area contributed by atoms with Gasteiger partial charge in [-0.05, 0) is 47.3 Å². The smallest absolute Gasteiger partial charge is 0.329 e. The van der Waals surface area contributed by atoms with E-state index in [-0.39, 0.29) is 10.0 Å². The lowest BCUT2D eigenvalue weighted by Gasteiger charge is -2.38. The second-order valence-corrected chi connectivity index (χ2v) is 6.15. The second-order valence-electron chi connectivity index (χ2n) is 4.54. The summed E-state index contributed by atoms with van der Waals surface area (Å²) < 4.78 is 0.608. The van der Waals surface area contributed by atoms with Crippen molar-refractivity contribution in [2.75, 3.05) is 5.32 Å². The summed E-state index contributed by atoms with van der Waals surface area (Å²) in [4.78, 5) is 23.0. The first kappa shape index (κ1) is 15.4. The molecule has 1 saturated carbocycles. The van der Waals surface area contributed by atoms with E-state index >= 15 is 0 Å². The van der Waals surface area contributed by atoms with Crippen molar-refractivity contribution in [1.29, 1.82) is 0 Å². The quantitative estimate of drug-likeness (QED) is 0.695. The Bertz CT molecular complexity index is 576. The van der Waals surface area contributed by atoms with Crippen molar-refractivity contribution in [3.63, 3.8) is 0 Å². The predicted molar refractivity (Wildman–Crippen MR) is 80.5 cm³/mol. The van der Waals surface area contributed by atoms with Crippen molar-refractivity contribution in [2.45, 2.75) is 24.8 Å². The van der Waals surface area contributed by atoms with Crippen LogP contribution < -0.4 is 10.6 Å². The number of halogens is 3. The number of carbonyl (C=O) groups is 2. The molecule has 3 N–H and O–H groups in total. The molecule has 0 spiro atoms. The van der Waals surface area contributed by atoms with E-state index in [4.69, 9.17) is 28.3 Å². The van der Waals surface area contributed by atoms with Gasteiger partial charge in [-0.2, -0.15) is 0 Å². The highest BCUT2D eigenvalue weighted by Gasteiger charge is 2.45. The maximum Gasteiger partial charge on any atom is 0.329 e. The maximum absolute atomic E-state index is 11.9. The molecular weight excluding hydrogens is 371 g/mol. The van der Waals surface area contributed by atoms with Crippen LogP contribution in [0.3, 0.4) is 0 Å². The molecule has 0 atom stereocenters. The van der Waals surface area contributed by atoms with Gasteiger partial charge in [-0.15, -0.1) is 0 Å². The fourth-order valence-electron chi connectivity index (χ4n) is 1.92. The third kappa shape index (κ3) is 2.87. The van der Waals surface area contributed by atoms with Gasteiger partial charge in [-0.3, -0.25) is 0 Å². The first-order valence-corrected chi connectivity index (χ1v) is 7.37. The van der Waals surface area contributed by atoms with Crippen LogP contribution in [-0.4, -0.2) is 22.6 Å². The predicted octanol–water partition coefficient (Wildman–Crippen LogP) is 3.88. The van der Waals surface area contributed by atoms with Gasteiger partial charge >= 0.3 is 12.0 Å². The molecule has 1 aromatic rings. The number of urea groups is 1. The average molecular weight is 382 g/mol. The minimum atomic E-state index is -1.17. The van der Waals surface area contributed by atoms with Crippen LogP contribution in [0.15, 0.2) is 16.6 Å². The molecule has 2 rings (SSSR count). The number of hydrogen-bond donors (Lipinski definition) is 3. The summed E-state index contributed by atoms with van der Waals surface area (Å²) >= 11 is 15.2. The lowest BCUT2D eigenvalue weighted by Crippen LogP contribution is -2.60. The largest absolute Gasteiger partial charge is 0.480 e. The summed E-state index contributed by atoms with van der Waals surface area (Å²) in [5.41, 5.74) is -0.854. The van der Waals surface area contributed by atoms with Crippen LogP contribution in [0.2, 0.25) is 10.0 Å². The van der Waals surface area contributed by atoms with Crippen LogP contribution in [0.4, 0.5) is 10.5 Å². The monoisotopic (exact) mass is 380 g/mol. The van der Waals surface area contributed by atoms with Gasteiger partial charge in [-0.25, -0.2) is 9.59 Å². The van der Waals surface area contributed by atoms with Crippen LogP contribution >= 0.6 is 39.1 Å². The number of rotatable bonds is 3. The molecule has 0 unspecified atom stereocenters. The van der Waals surface area contributed by atoms with E-state index in [0.29, 0.717) is 23.0 Å². The number of amides is 2. The summed E-state index contributed by atoms with van der Waals surface area (Å²) in [6.45, 7) is 0. The van der Waals surface area contributed by atoms with Gasteiger partial charge in [0, 0.05) is 4.47 Å². The number of carboxylic acids is 1. The number of nitrogens with one attached hydrogen (secondary N) is 2. The minimum Gasteiger partial charge on any atom is -0.480 e. The minimum absolute atomic E-state index is 0.189. The number of benzene rings is 1. The Morgan fingerprint density at radius 3 is 2.40 bits per heavy atom. The first-order chi connectivity index (χ1) is 9.35. The molecule has 8 heteroatoms. The summed E-state index contributed by atoms with van der Waals surface area (Å²) in [6, 6.07) is 2.60. The lowest BCUT2D eigenvalue weighted by molar-refractivity contribution is -0.148. The van der Waals surface area contributed by atoms with E-state index in [1.165, 1.54) is 0 Å². The molecule has 2 amide bonds. The van der Waals surface area contributed by atoms with Crippen molar-refractivity contribution in [1.82, 2.24) is 5.32 Å². The summed E-state index contributed by atoms with van der Waals surface area (Å²) in [5.74, 6) is -1.03. The topological polar surface area (TPSA) is 78.4 Å². The van der Waals surface area contributed by atoms with Gasteiger partial charge in [0.1, 0.15) is 5.54 Å². The zero-order valence-electron chi connectivity index (χ0n) is 10.2. The molecule has 108 valence electrons. The normalized spacial score (nSPS) is 16.1. The van der Waals surface area contributed by atoms with E-state index in [0.717, 1.165) is 6.42 Å². The molecule has 0 aromatic heterocycles. The van der Waals surface area contributed by atoms with Gasteiger partial charge in [-0.1, -0.05) is 23.2 Å². The van der Waals surface area contributed by atoms with Crippen molar-refractivity contribution in [3.8, 4) is 0 Å². The highest BCUT2D eigenvalue weighted by Crippen LogP contribution is 2.36. The SMILES string of the molecule is O=C(Nc1ccc(Br)c(Cl)c1Cl)NC1(C(=O)O)CCC1. The Morgan fingerprint density at radius 1 is 1.25 bits per heavy atom. The van der Waals surface area contributed by atoms with Gasteiger partial charge in [0.15, 0.2) is 0 Å². The fraction of sp³-hybridized carbons (Fsp3) is 0.333. The van der Waals surface area contributed by atoms with Gasteiger partial charge < -0.3 is 15.7 Å². The van der Waals surface area contributed by atoms with Gasteiger partial charge in [0.25, 0.3) is 0 Å². The molecule has 0 saturated heterocycles. The number of carboxylic acid groups (broad SMARTS) is 1. The molecule has 1 aliphatic rings. The zero-order valence-corrected chi connectivity index (χ0v) is 13.3. The molecule has 0 bridgehead atoms. The molecular formula is C12H11BrCl2N2O3. The molecule has 0 aliphatic heterocycles.